The first-order valence-corrected chi connectivity index (χ1v) is 6.34. The van der Waals surface area contributed by atoms with Crippen molar-refractivity contribution in [1.29, 1.82) is 5.26 Å². The lowest BCUT2D eigenvalue weighted by molar-refractivity contribution is 0.708. The molecule has 0 fully saturated rings. The van der Waals surface area contributed by atoms with Crippen LogP contribution in [0.15, 0.2) is 36.8 Å². The van der Waals surface area contributed by atoms with Crippen LogP contribution < -0.4 is 0 Å². The van der Waals surface area contributed by atoms with Crippen LogP contribution in [-0.4, -0.2) is 9.97 Å². The smallest absolute Gasteiger partial charge is 0.0991 e. The van der Waals surface area contributed by atoms with E-state index in [0.29, 0.717) is 5.56 Å². The molecule has 0 radical (unpaired) electrons. The number of imidazole rings is 1. The average Bonchev–Trinajstić information content (AvgIpc) is 2.92. The van der Waals surface area contributed by atoms with Crippen LogP contribution in [0.25, 0.3) is 0 Å². The normalized spacial score (nSPS) is 12.0. The minimum absolute atomic E-state index is 0.000615. The Morgan fingerprint density at radius 1 is 1.33 bits per heavy atom. The van der Waals surface area contributed by atoms with E-state index in [1.165, 1.54) is 0 Å². The molecule has 0 saturated heterocycles. The second-order valence-corrected chi connectivity index (χ2v) is 4.70. The number of aryl methyl sites for hydroxylation is 1. The molecule has 0 aliphatic carbocycles. The molecule has 1 aromatic heterocycles. The number of nitrogens with one attached hydrogen (secondary N) is 1. The zero-order chi connectivity index (χ0) is 12.8. The highest BCUT2D eigenvalue weighted by atomic mass is 35.5. The molecule has 0 bridgehead atoms. The zero-order valence-electron chi connectivity index (χ0n) is 9.94. The van der Waals surface area contributed by atoms with E-state index in [2.05, 4.69) is 16.0 Å². The van der Waals surface area contributed by atoms with Crippen molar-refractivity contribution in [3.05, 3.63) is 53.6 Å². The standard InChI is InChI=1S/C14H14ClN3/c15-14(3-1-2-13-9-17-10-18-13)12-6-4-11(8-16)5-7-12/h4-7,9-10,14H,1-3H2,(H,17,18). The third-order valence-corrected chi connectivity index (χ3v) is 3.33. The molecule has 18 heavy (non-hydrogen) atoms. The third-order valence-electron chi connectivity index (χ3n) is 2.86. The van der Waals surface area contributed by atoms with Crippen molar-refractivity contribution >= 4 is 11.6 Å². The maximum atomic E-state index is 8.72. The fraction of sp³-hybridized carbons (Fsp3) is 0.286. The second-order valence-electron chi connectivity index (χ2n) is 4.17. The van der Waals surface area contributed by atoms with E-state index in [1.54, 1.807) is 18.5 Å². The van der Waals surface area contributed by atoms with Gasteiger partial charge in [0.25, 0.3) is 0 Å². The number of benzene rings is 1. The summed E-state index contributed by atoms with van der Waals surface area (Å²) in [7, 11) is 0. The highest BCUT2D eigenvalue weighted by molar-refractivity contribution is 6.20. The van der Waals surface area contributed by atoms with Crippen molar-refractivity contribution in [1.82, 2.24) is 9.97 Å². The largest absolute Gasteiger partial charge is 0.348 e. The molecule has 1 N–H and O–H groups in total. The van der Waals surface area contributed by atoms with Crippen molar-refractivity contribution in [2.24, 2.45) is 0 Å². The molecule has 0 aliphatic heterocycles. The van der Waals surface area contributed by atoms with E-state index in [4.69, 9.17) is 16.9 Å². The number of H-pyrrole nitrogens is 1. The van der Waals surface area contributed by atoms with Gasteiger partial charge in [-0.15, -0.1) is 11.6 Å². The number of hydrogen-bond donors (Lipinski definition) is 1. The maximum Gasteiger partial charge on any atom is 0.0991 e. The molecule has 92 valence electrons. The lowest BCUT2D eigenvalue weighted by atomic mass is 10.0. The van der Waals surface area contributed by atoms with Crippen LogP contribution in [0.1, 0.15) is 35.0 Å². The molecule has 2 aromatic rings. The lowest BCUT2D eigenvalue weighted by Gasteiger charge is -2.09. The molecule has 3 nitrogen and oxygen atoms in total. The minimum atomic E-state index is 0.000615. The van der Waals surface area contributed by atoms with Crippen LogP contribution in [0.4, 0.5) is 0 Å². The van der Waals surface area contributed by atoms with Crippen molar-refractivity contribution in [2.45, 2.75) is 24.6 Å². The van der Waals surface area contributed by atoms with Gasteiger partial charge in [-0.1, -0.05) is 12.1 Å². The third kappa shape index (κ3) is 3.35. The van der Waals surface area contributed by atoms with Crippen LogP contribution in [0.5, 0.6) is 0 Å². The number of halogens is 1. The van der Waals surface area contributed by atoms with Crippen LogP contribution >= 0.6 is 11.6 Å². The van der Waals surface area contributed by atoms with Crippen LogP contribution in [0, 0.1) is 11.3 Å². The van der Waals surface area contributed by atoms with Gasteiger partial charge in [0.05, 0.1) is 23.3 Å². The Labute approximate surface area is 111 Å². The summed E-state index contributed by atoms with van der Waals surface area (Å²) in [6, 6.07) is 9.56. The monoisotopic (exact) mass is 259 g/mol. The Balaban J connectivity index is 1.83. The van der Waals surface area contributed by atoms with E-state index in [0.717, 1.165) is 30.5 Å². The zero-order valence-corrected chi connectivity index (χ0v) is 10.7. The van der Waals surface area contributed by atoms with E-state index in [9.17, 15) is 0 Å². The lowest BCUT2D eigenvalue weighted by Crippen LogP contribution is -1.93. The number of aromatic amines is 1. The SMILES string of the molecule is N#Cc1ccc(C(Cl)CCCc2cnc[nH]2)cc1. The van der Waals surface area contributed by atoms with Gasteiger partial charge in [0.2, 0.25) is 0 Å². The Hall–Kier alpha value is -1.79. The molecule has 1 heterocycles. The van der Waals surface area contributed by atoms with Crippen LogP contribution in [-0.2, 0) is 6.42 Å². The Bertz CT molecular complexity index is 511. The summed E-state index contributed by atoms with van der Waals surface area (Å²) in [4.78, 5) is 7.05. The van der Waals surface area contributed by atoms with Crippen molar-refractivity contribution in [3.63, 3.8) is 0 Å². The molecule has 1 unspecified atom stereocenters. The van der Waals surface area contributed by atoms with Crippen molar-refractivity contribution in [2.75, 3.05) is 0 Å². The molecule has 0 spiro atoms. The Morgan fingerprint density at radius 2 is 2.11 bits per heavy atom. The number of rotatable bonds is 5. The first-order valence-electron chi connectivity index (χ1n) is 5.91. The average molecular weight is 260 g/mol. The number of alkyl halides is 1. The molecule has 2 rings (SSSR count). The number of nitrogens with zero attached hydrogens (tertiary/aromatic N) is 2. The van der Waals surface area contributed by atoms with Gasteiger partial charge in [0.15, 0.2) is 0 Å². The second kappa shape index (κ2) is 6.23. The fourth-order valence-electron chi connectivity index (χ4n) is 1.83. The highest BCUT2D eigenvalue weighted by Crippen LogP contribution is 2.26. The molecule has 0 saturated carbocycles. The Kier molecular flexibility index (Phi) is 4.38. The maximum absolute atomic E-state index is 8.72. The summed E-state index contributed by atoms with van der Waals surface area (Å²) < 4.78 is 0. The van der Waals surface area contributed by atoms with E-state index < -0.39 is 0 Å². The summed E-state index contributed by atoms with van der Waals surface area (Å²) >= 11 is 6.33. The predicted molar refractivity (Wildman–Crippen MR) is 71.3 cm³/mol. The number of hydrogen-bond acceptors (Lipinski definition) is 2. The van der Waals surface area contributed by atoms with Gasteiger partial charge >= 0.3 is 0 Å². The highest BCUT2D eigenvalue weighted by Gasteiger charge is 2.07. The quantitative estimate of drug-likeness (QED) is 0.835. The molecule has 0 aliphatic rings. The van der Waals surface area contributed by atoms with Crippen LogP contribution in [0.2, 0.25) is 0 Å². The molecule has 4 heteroatoms. The van der Waals surface area contributed by atoms with Gasteiger partial charge in [-0.05, 0) is 37.0 Å². The molecule has 1 aromatic carbocycles. The summed E-state index contributed by atoms with van der Waals surface area (Å²) in [6.45, 7) is 0. The van der Waals surface area contributed by atoms with Gasteiger partial charge in [0.1, 0.15) is 0 Å². The van der Waals surface area contributed by atoms with Gasteiger partial charge in [-0.2, -0.15) is 5.26 Å². The van der Waals surface area contributed by atoms with Gasteiger partial charge < -0.3 is 4.98 Å². The van der Waals surface area contributed by atoms with E-state index in [-0.39, 0.29) is 5.38 Å². The van der Waals surface area contributed by atoms with Gasteiger partial charge in [-0.3, -0.25) is 0 Å². The first kappa shape index (κ1) is 12.7. The first-order chi connectivity index (χ1) is 8.79. The fourth-order valence-corrected chi connectivity index (χ4v) is 2.13. The topological polar surface area (TPSA) is 52.5 Å². The Morgan fingerprint density at radius 3 is 2.72 bits per heavy atom. The van der Waals surface area contributed by atoms with Crippen LogP contribution in [0.3, 0.4) is 0 Å². The summed E-state index contributed by atoms with van der Waals surface area (Å²) in [5, 5.41) is 8.72. The molecular formula is C14H14ClN3. The number of aromatic nitrogens is 2. The van der Waals surface area contributed by atoms with Gasteiger partial charge in [0, 0.05) is 11.9 Å². The summed E-state index contributed by atoms with van der Waals surface area (Å²) in [5.74, 6) is 0. The van der Waals surface area contributed by atoms with Crippen molar-refractivity contribution < 1.29 is 0 Å². The molecule has 1 atom stereocenters. The molecule has 0 amide bonds. The number of nitriles is 1. The van der Waals surface area contributed by atoms with Crippen molar-refractivity contribution in [3.8, 4) is 6.07 Å². The van der Waals surface area contributed by atoms with Gasteiger partial charge in [-0.25, -0.2) is 4.98 Å². The predicted octanol–water partition coefficient (Wildman–Crippen LogP) is 3.58. The van der Waals surface area contributed by atoms with E-state index >= 15 is 0 Å². The summed E-state index contributed by atoms with van der Waals surface area (Å²) in [5.41, 5.74) is 2.87. The molecular weight excluding hydrogens is 246 g/mol. The minimum Gasteiger partial charge on any atom is -0.348 e. The van der Waals surface area contributed by atoms with E-state index in [1.807, 2.05) is 18.3 Å². The summed E-state index contributed by atoms with van der Waals surface area (Å²) in [6.07, 6.45) is 6.40.